The van der Waals surface area contributed by atoms with Crippen LogP contribution in [-0.2, 0) is 14.8 Å². The number of sulfonamides is 1. The van der Waals surface area contributed by atoms with Gasteiger partial charge in [-0.25, -0.2) is 17.9 Å². The van der Waals surface area contributed by atoms with Gasteiger partial charge in [-0.2, -0.15) is 0 Å². The number of benzene rings is 2. The Morgan fingerprint density at radius 1 is 1.00 bits per heavy atom. The van der Waals surface area contributed by atoms with Crippen LogP contribution < -0.4 is 14.9 Å². The van der Waals surface area contributed by atoms with Crippen LogP contribution in [0.2, 0.25) is 0 Å². The van der Waals surface area contributed by atoms with Gasteiger partial charge in [-0.15, -0.1) is 0 Å². The van der Waals surface area contributed by atoms with Crippen molar-refractivity contribution in [3.63, 3.8) is 0 Å². The number of methoxy groups -OCH3 is 1. The van der Waals surface area contributed by atoms with Crippen LogP contribution in [0.4, 0.5) is 11.4 Å². The lowest BCUT2D eigenvalue weighted by atomic mass is 10.1. The summed E-state index contributed by atoms with van der Waals surface area (Å²) < 4.78 is 33.0. The van der Waals surface area contributed by atoms with Crippen molar-refractivity contribution in [2.75, 3.05) is 57.1 Å². The molecule has 0 radical (unpaired) electrons. The SMILES string of the molecule is CCNS(=O)(=O)c1cc(C(=O)Nc2ccc(C(=O)OC)cc2)ccc1N1CCN(C)CC1. The molecule has 9 nitrogen and oxygen atoms in total. The number of hydrogen-bond acceptors (Lipinski definition) is 7. The molecule has 10 heteroatoms. The molecule has 0 aliphatic carbocycles. The number of piperazine rings is 1. The van der Waals surface area contributed by atoms with Gasteiger partial charge in [-0.1, -0.05) is 6.92 Å². The first-order valence-corrected chi connectivity index (χ1v) is 11.8. The van der Waals surface area contributed by atoms with Gasteiger partial charge in [-0.05, 0) is 49.5 Å². The first kappa shape index (κ1) is 23.7. The molecule has 0 atom stereocenters. The number of anilines is 2. The summed E-state index contributed by atoms with van der Waals surface area (Å²) in [5.41, 5.74) is 1.64. The van der Waals surface area contributed by atoms with E-state index in [2.05, 4.69) is 19.7 Å². The molecular weight excluding hydrogens is 432 g/mol. The largest absolute Gasteiger partial charge is 0.465 e. The van der Waals surface area contributed by atoms with Crippen molar-refractivity contribution in [3.05, 3.63) is 53.6 Å². The average molecular weight is 461 g/mol. The van der Waals surface area contributed by atoms with Gasteiger partial charge in [0.1, 0.15) is 4.90 Å². The molecule has 32 heavy (non-hydrogen) atoms. The molecule has 1 heterocycles. The lowest BCUT2D eigenvalue weighted by Crippen LogP contribution is -2.45. The molecule has 0 bridgehead atoms. The van der Waals surface area contributed by atoms with E-state index in [1.807, 2.05) is 11.9 Å². The molecule has 1 aliphatic rings. The molecule has 172 valence electrons. The van der Waals surface area contributed by atoms with Crippen LogP contribution in [0.3, 0.4) is 0 Å². The highest BCUT2D eigenvalue weighted by atomic mass is 32.2. The first-order chi connectivity index (χ1) is 15.2. The van der Waals surface area contributed by atoms with E-state index in [0.717, 1.165) is 13.1 Å². The quantitative estimate of drug-likeness (QED) is 0.607. The molecule has 2 N–H and O–H groups in total. The number of hydrogen-bond donors (Lipinski definition) is 2. The highest BCUT2D eigenvalue weighted by molar-refractivity contribution is 7.89. The Labute approximate surface area is 188 Å². The van der Waals surface area contributed by atoms with Gasteiger partial charge < -0.3 is 19.9 Å². The van der Waals surface area contributed by atoms with Crippen LogP contribution >= 0.6 is 0 Å². The Bertz CT molecular complexity index is 1080. The van der Waals surface area contributed by atoms with E-state index < -0.39 is 21.9 Å². The van der Waals surface area contributed by atoms with E-state index in [-0.39, 0.29) is 17.0 Å². The van der Waals surface area contributed by atoms with Gasteiger partial charge in [0.2, 0.25) is 10.0 Å². The fourth-order valence-corrected chi connectivity index (χ4v) is 4.75. The van der Waals surface area contributed by atoms with Crippen LogP contribution in [0.25, 0.3) is 0 Å². The fourth-order valence-electron chi connectivity index (χ4n) is 3.46. The predicted molar refractivity (Wildman–Crippen MR) is 123 cm³/mol. The number of carbonyl (C=O) groups is 2. The molecule has 1 fully saturated rings. The molecular formula is C22H28N4O5S. The summed E-state index contributed by atoms with van der Waals surface area (Å²) >= 11 is 0. The summed E-state index contributed by atoms with van der Waals surface area (Å²) in [7, 11) is -0.466. The van der Waals surface area contributed by atoms with Crippen LogP contribution in [-0.4, -0.2) is 72.1 Å². The summed E-state index contributed by atoms with van der Waals surface area (Å²) in [4.78, 5) is 28.7. The number of carbonyl (C=O) groups excluding carboxylic acids is 2. The molecule has 2 aromatic carbocycles. The minimum Gasteiger partial charge on any atom is -0.465 e. The highest BCUT2D eigenvalue weighted by Crippen LogP contribution is 2.28. The number of nitrogens with one attached hydrogen (secondary N) is 2. The summed E-state index contributed by atoms with van der Waals surface area (Å²) in [6.07, 6.45) is 0. The van der Waals surface area contributed by atoms with E-state index in [1.165, 1.54) is 13.2 Å². The van der Waals surface area contributed by atoms with E-state index in [0.29, 0.717) is 30.0 Å². The van der Waals surface area contributed by atoms with Crippen molar-refractivity contribution >= 4 is 33.3 Å². The Kier molecular flexibility index (Phi) is 7.49. The monoisotopic (exact) mass is 460 g/mol. The summed E-state index contributed by atoms with van der Waals surface area (Å²) in [6.45, 7) is 5.00. The van der Waals surface area contributed by atoms with E-state index in [9.17, 15) is 18.0 Å². The molecule has 0 spiro atoms. The summed E-state index contributed by atoms with van der Waals surface area (Å²) in [5.74, 6) is -0.922. The van der Waals surface area contributed by atoms with Crippen LogP contribution in [0.1, 0.15) is 27.6 Å². The van der Waals surface area contributed by atoms with Gasteiger partial charge in [0.25, 0.3) is 5.91 Å². The number of rotatable bonds is 7. The average Bonchev–Trinajstić information content (AvgIpc) is 2.79. The maximum absolute atomic E-state index is 12.9. The lowest BCUT2D eigenvalue weighted by molar-refractivity contribution is 0.0600. The maximum atomic E-state index is 12.9. The van der Waals surface area contributed by atoms with Gasteiger partial charge in [0, 0.05) is 44.0 Å². The van der Waals surface area contributed by atoms with Gasteiger partial charge in [0.05, 0.1) is 18.4 Å². The highest BCUT2D eigenvalue weighted by Gasteiger charge is 2.25. The third kappa shape index (κ3) is 5.45. The fraction of sp³-hybridized carbons (Fsp3) is 0.364. The molecule has 2 aromatic rings. The van der Waals surface area contributed by atoms with Crippen LogP contribution in [0, 0.1) is 0 Å². The third-order valence-corrected chi connectivity index (χ3v) is 6.83. The standard InChI is InChI=1S/C22H28N4O5S/c1-4-23-32(29,30)20-15-17(7-10-19(20)26-13-11-25(2)12-14-26)21(27)24-18-8-5-16(6-9-18)22(28)31-3/h5-10,15,23H,4,11-14H2,1-3H3,(H,24,27). The van der Waals surface area contributed by atoms with E-state index in [1.54, 1.807) is 43.3 Å². The predicted octanol–water partition coefficient (Wildman–Crippen LogP) is 1.78. The number of nitrogens with zero attached hydrogens (tertiary/aromatic N) is 2. The summed E-state index contributed by atoms with van der Waals surface area (Å²) in [6, 6.07) is 11.0. The smallest absolute Gasteiger partial charge is 0.337 e. The Hall–Kier alpha value is -2.95. The molecule has 0 aromatic heterocycles. The number of amides is 1. The second kappa shape index (κ2) is 10.1. The minimum absolute atomic E-state index is 0.0811. The molecule has 1 aliphatic heterocycles. The molecule has 0 saturated carbocycles. The second-order valence-corrected chi connectivity index (χ2v) is 9.23. The number of esters is 1. The Morgan fingerprint density at radius 2 is 1.62 bits per heavy atom. The molecule has 1 saturated heterocycles. The van der Waals surface area contributed by atoms with Crippen LogP contribution in [0.15, 0.2) is 47.4 Å². The second-order valence-electron chi connectivity index (χ2n) is 7.50. The van der Waals surface area contributed by atoms with Crippen molar-refractivity contribution in [3.8, 4) is 0 Å². The number of ether oxygens (including phenoxy) is 1. The number of likely N-dealkylation sites (N-methyl/N-ethyl adjacent to an activating group) is 1. The molecule has 3 rings (SSSR count). The van der Waals surface area contributed by atoms with E-state index >= 15 is 0 Å². The normalized spacial score (nSPS) is 14.8. The zero-order valence-corrected chi connectivity index (χ0v) is 19.2. The molecule has 1 amide bonds. The van der Waals surface area contributed by atoms with Gasteiger partial charge in [0.15, 0.2) is 0 Å². The van der Waals surface area contributed by atoms with Crippen molar-refractivity contribution in [1.82, 2.24) is 9.62 Å². The zero-order valence-electron chi connectivity index (χ0n) is 18.4. The van der Waals surface area contributed by atoms with Crippen molar-refractivity contribution in [2.24, 2.45) is 0 Å². The van der Waals surface area contributed by atoms with E-state index in [4.69, 9.17) is 0 Å². The van der Waals surface area contributed by atoms with Crippen molar-refractivity contribution < 1.29 is 22.7 Å². The third-order valence-electron chi connectivity index (χ3n) is 5.25. The minimum atomic E-state index is -3.79. The maximum Gasteiger partial charge on any atom is 0.337 e. The molecule has 0 unspecified atom stereocenters. The van der Waals surface area contributed by atoms with Crippen molar-refractivity contribution in [1.29, 1.82) is 0 Å². The summed E-state index contributed by atoms with van der Waals surface area (Å²) in [5, 5.41) is 2.73. The topological polar surface area (TPSA) is 108 Å². The lowest BCUT2D eigenvalue weighted by Gasteiger charge is -2.35. The van der Waals surface area contributed by atoms with Gasteiger partial charge >= 0.3 is 5.97 Å². The zero-order chi connectivity index (χ0) is 23.3. The van der Waals surface area contributed by atoms with Crippen LogP contribution in [0.5, 0.6) is 0 Å². The Morgan fingerprint density at radius 3 is 2.22 bits per heavy atom. The van der Waals surface area contributed by atoms with Gasteiger partial charge in [-0.3, -0.25) is 4.79 Å². The van der Waals surface area contributed by atoms with Crippen molar-refractivity contribution in [2.45, 2.75) is 11.8 Å². The Balaban J connectivity index is 1.88. The first-order valence-electron chi connectivity index (χ1n) is 10.3.